The molecule has 0 aliphatic rings. The summed E-state index contributed by atoms with van der Waals surface area (Å²) in [5, 5.41) is 8.79. The molecular formula is C22H26FN3. The molecule has 0 saturated heterocycles. The number of nitrogens with zero attached hydrogens (tertiary/aromatic N) is 3. The van der Waals surface area contributed by atoms with Crippen LogP contribution in [0.15, 0.2) is 36.4 Å². The van der Waals surface area contributed by atoms with Crippen LogP contribution in [0.4, 0.5) is 4.39 Å². The van der Waals surface area contributed by atoms with Crippen LogP contribution < -0.4 is 0 Å². The van der Waals surface area contributed by atoms with Crippen molar-refractivity contribution in [3.63, 3.8) is 0 Å². The van der Waals surface area contributed by atoms with Crippen molar-refractivity contribution in [2.24, 2.45) is 5.92 Å². The quantitative estimate of drug-likeness (QED) is 0.612. The molecule has 26 heavy (non-hydrogen) atoms. The molecular weight excluding hydrogens is 325 g/mol. The molecule has 4 heteroatoms. The summed E-state index contributed by atoms with van der Waals surface area (Å²) >= 11 is 0. The molecule has 2 aromatic carbocycles. The Bertz CT molecular complexity index is 885. The van der Waals surface area contributed by atoms with Gasteiger partial charge < -0.3 is 0 Å². The molecule has 0 bridgehead atoms. The summed E-state index contributed by atoms with van der Waals surface area (Å²) in [6, 6.07) is 11.0. The zero-order valence-electron chi connectivity index (χ0n) is 16.2. The van der Waals surface area contributed by atoms with E-state index >= 15 is 0 Å². The molecule has 3 nitrogen and oxygen atoms in total. The fourth-order valence-corrected chi connectivity index (χ4v) is 3.55. The first kappa shape index (κ1) is 18.3. The summed E-state index contributed by atoms with van der Waals surface area (Å²) in [5.74, 6) is 2.04. The van der Waals surface area contributed by atoms with Gasteiger partial charge in [0, 0.05) is 12.0 Å². The molecule has 0 unspecified atom stereocenters. The molecule has 0 spiro atoms. The Balaban J connectivity index is 2.17. The van der Waals surface area contributed by atoms with E-state index in [9.17, 15) is 4.39 Å². The smallest absolute Gasteiger partial charge is 0.168 e. The predicted octanol–water partition coefficient (Wildman–Crippen LogP) is 5.45. The lowest BCUT2D eigenvalue weighted by Crippen LogP contribution is -2.08. The lowest BCUT2D eigenvalue weighted by molar-refractivity contribution is 0.628. The van der Waals surface area contributed by atoms with E-state index in [0.717, 1.165) is 35.7 Å². The molecule has 0 atom stereocenters. The van der Waals surface area contributed by atoms with Crippen LogP contribution in [0.2, 0.25) is 0 Å². The Kier molecular flexibility index (Phi) is 5.21. The van der Waals surface area contributed by atoms with Gasteiger partial charge in [-0.05, 0) is 67.1 Å². The third-order valence-electron chi connectivity index (χ3n) is 4.57. The normalized spacial score (nSPS) is 11.3. The van der Waals surface area contributed by atoms with Crippen LogP contribution in [0.3, 0.4) is 0 Å². The van der Waals surface area contributed by atoms with Crippen molar-refractivity contribution in [1.29, 1.82) is 0 Å². The molecule has 3 rings (SSSR count). The monoisotopic (exact) mass is 351 g/mol. The molecule has 0 aliphatic carbocycles. The minimum Gasteiger partial charge on any atom is -0.278 e. The van der Waals surface area contributed by atoms with E-state index in [1.807, 2.05) is 0 Å². The van der Waals surface area contributed by atoms with Crippen molar-refractivity contribution >= 4 is 0 Å². The Hall–Kier alpha value is -2.49. The lowest BCUT2D eigenvalue weighted by Gasteiger charge is -2.18. The van der Waals surface area contributed by atoms with Gasteiger partial charge in [-0.25, -0.2) is 4.39 Å². The van der Waals surface area contributed by atoms with E-state index in [1.54, 1.807) is 12.1 Å². The van der Waals surface area contributed by atoms with Gasteiger partial charge in [0.2, 0.25) is 0 Å². The summed E-state index contributed by atoms with van der Waals surface area (Å²) in [6.07, 6.45) is 1.84. The van der Waals surface area contributed by atoms with Crippen molar-refractivity contribution in [2.45, 2.75) is 47.5 Å². The number of rotatable bonds is 5. The molecule has 0 aliphatic heterocycles. The first-order chi connectivity index (χ1) is 12.4. The van der Waals surface area contributed by atoms with Gasteiger partial charge >= 0.3 is 0 Å². The van der Waals surface area contributed by atoms with Crippen molar-refractivity contribution < 1.29 is 4.39 Å². The highest BCUT2D eigenvalue weighted by molar-refractivity contribution is 5.62. The summed E-state index contributed by atoms with van der Waals surface area (Å²) in [6.45, 7) is 10.8. The average molecular weight is 351 g/mol. The maximum absolute atomic E-state index is 13.3. The van der Waals surface area contributed by atoms with Gasteiger partial charge in [-0.3, -0.25) is 4.57 Å². The summed E-state index contributed by atoms with van der Waals surface area (Å²) in [7, 11) is 0. The molecule has 1 aromatic heterocycles. The highest BCUT2D eigenvalue weighted by Gasteiger charge is 2.18. The fraction of sp³-hybridized carbons (Fsp3) is 0.364. The van der Waals surface area contributed by atoms with Crippen LogP contribution in [0.1, 0.15) is 43.3 Å². The largest absolute Gasteiger partial charge is 0.278 e. The number of halogens is 1. The zero-order chi connectivity index (χ0) is 18.8. The Morgan fingerprint density at radius 3 is 2.15 bits per heavy atom. The second kappa shape index (κ2) is 7.40. The Morgan fingerprint density at radius 2 is 1.62 bits per heavy atom. The van der Waals surface area contributed by atoms with Crippen LogP contribution in [0.5, 0.6) is 0 Å². The Morgan fingerprint density at radius 1 is 1.00 bits per heavy atom. The van der Waals surface area contributed by atoms with Crippen molar-refractivity contribution in [2.75, 3.05) is 0 Å². The van der Waals surface area contributed by atoms with Gasteiger partial charge in [0.25, 0.3) is 0 Å². The SMILES string of the molecule is CCc1nnc(-c2ccc(F)cc2)n1-c1c(C)cc(CC(C)C)cc1C. The summed E-state index contributed by atoms with van der Waals surface area (Å²) in [4.78, 5) is 0. The molecule has 0 radical (unpaired) electrons. The van der Waals surface area contributed by atoms with E-state index in [4.69, 9.17) is 0 Å². The van der Waals surface area contributed by atoms with E-state index in [0.29, 0.717) is 5.92 Å². The topological polar surface area (TPSA) is 30.7 Å². The lowest BCUT2D eigenvalue weighted by atomic mass is 9.97. The van der Waals surface area contributed by atoms with Gasteiger partial charge in [-0.15, -0.1) is 10.2 Å². The minimum absolute atomic E-state index is 0.249. The fourth-order valence-electron chi connectivity index (χ4n) is 3.55. The third kappa shape index (κ3) is 3.55. The minimum atomic E-state index is -0.249. The van der Waals surface area contributed by atoms with Crippen molar-refractivity contribution in [3.05, 3.63) is 64.7 Å². The van der Waals surface area contributed by atoms with E-state index in [2.05, 4.69) is 61.5 Å². The Labute approximate surface area is 154 Å². The highest BCUT2D eigenvalue weighted by Crippen LogP contribution is 2.29. The first-order valence-corrected chi connectivity index (χ1v) is 9.21. The van der Waals surface area contributed by atoms with Gasteiger partial charge in [0.1, 0.15) is 11.6 Å². The zero-order valence-corrected chi connectivity index (χ0v) is 16.2. The van der Waals surface area contributed by atoms with E-state index < -0.39 is 0 Å². The molecule has 1 heterocycles. The summed E-state index contributed by atoms with van der Waals surface area (Å²) < 4.78 is 15.5. The number of hydrogen-bond donors (Lipinski definition) is 0. The third-order valence-corrected chi connectivity index (χ3v) is 4.57. The van der Waals surface area contributed by atoms with E-state index in [1.165, 1.54) is 28.8 Å². The van der Waals surface area contributed by atoms with Crippen molar-refractivity contribution in [1.82, 2.24) is 14.8 Å². The maximum Gasteiger partial charge on any atom is 0.168 e. The maximum atomic E-state index is 13.3. The van der Waals surface area contributed by atoms with Gasteiger partial charge in [0.05, 0.1) is 5.69 Å². The second-order valence-electron chi connectivity index (χ2n) is 7.31. The van der Waals surface area contributed by atoms with Crippen LogP contribution in [-0.2, 0) is 12.8 Å². The van der Waals surface area contributed by atoms with Crippen molar-refractivity contribution in [3.8, 4) is 17.1 Å². The number of hydrogen-bond acceptors (Lipinski definition) is 2. The molecule has 136 valence electrons. The van der Waals surface area contributed by atoms with Gasteiger partial charge in [-0.2, -0.15) is 0 Å². The molecule has 0 saturated carbocycles. The van der Waals surface area contributed by atoms with Gasteiger partial charge in [-0.1, -0.05) is 32.9 Å². The van der Waals surface area contributed by atoms with Crippen LogP contribution in [0.25, 0.3) is 17.1 Å². The molecule has 0 fully saturated rings. The first-order valence-electron chi connectivity index (χ1n) is 9.21. The summed E-state index contributed by atoms with van der Waals surface area (Å²) in [5.41, 5.74) is 5.76. The van der Waals surface area contributed by atoms with Crippen LogP contribution >= 0.6 is 0 Å². The number of aryl methyl sites for hydroxylation is 3. The van der Waals surface area contributed by atoms with Gasteiger partial charge in [0.15, 0.2) is 5.82 Å². The average Bonchev–Trinajstić information content (AvgIpc) is 2.98. The number of benzene rings is 2. The predicted molar refractivity (Wildman–Crippen MR) is 104 cm³/mol. The standard InChI is InChI=1S/C22H26FN3/c1-6-20-24-25-22(18-7-9-19(23)10-8-18)26(20)21-15(4)12-17(11-14(2)3)13-16(21)5/h7-10,12-14H,6,11H2,1-5H3. The highest BCUT2D eigenvalue weighted by atomic mass is 19.1. The molecule has 0 N–H and O–H groups in total. The van der Waals surface area contributed by atoms with Crippen LogP contribution in [0, 0.1) is 25.6 Å². The van der Waals surface area contributed by atoms with Crippen LogP contribution in [-0.4, -0.2) is 14.8 Å². The molecule has 3 aromatic rings. The number of aromatic nitrogens is 3. The van der Waals surface area contributed by atoms with E-state index in [-0.39, 0.29) is 5.82 Å². The molecule has 0 amide bonds. The second-order valence-corrected chi connectivity index (χ2v) is 7.31.